The van der Waals surface area contributed by atoms with Crippen molar-refractivity contribution in [2.45, 2.75) is 37.4 Å². The van der Waals surface area contributed by atoms with E-state index in [1.807, 2.05) is 0 Å². The Morgan fingerprint density at radius 3 is 2.63 bits per heavy atom. The summed E-state index contributed by atoms with van der Waals surface area (Å²) >= 11 is 0. The lowest BCUT2D eigenvalue weighted by molar-refractivity contribution is -0.134. The molecule has 0 aromatic heterocycles. The Balaban J connectivity index is 1.60. The first-order valence-corrected chi connectivity index (χ1v) is 11.5. The molecule has 2 aromatic rings. The van der Waals surface area contributed by atoms with E-state index in [1.54, 1.807) is 36.2 Å². The van der Waals surface area contributed by atoms with Crippen LogP contribution in [0.4, 0.5) is 8.78 Å². The molecule has 2 aliphatic rings. The molecule has 186 valence electrons. The maximum atomic E-state index is 13.6. The van der Waals surface area contributed by atoms with Crippen molar-refractivity contribution in [3.63, 3.8) is 0 Å². The molecule has 3 amide bonds. The second-order valence-corrected chi connectivity index (χ2v) is 9.03. The van der Waals surface area contributed by atoms with Crippen LogP contribution >= 0.6 is 0 Å². The van der Waals surface area contributed by atoms with Crippen LogP contribution in [-0.2, 0) is 4.79 Å². The molecule has 0 unspecified atom stereocenters. The summed E-state index contributed by atoms with van der Waals surface area (Å²) in [6.45, 7) is 0.802. The topological polar surface area (TPSA) is 105 Å². The van der Waals surface area contributed by atoms with Crippen LogP contribution in [-0.4, -0.2) is 72.4 Å². The Morgan fingerprint density at radius 2 is 1.89 bits per heavy atom. The lowest BCUT2D eigenvalue weighted by Gasteiger charge is -2.30. The van der Waals surface area contributed by atoms with Crippen molar-refractivity contribution >= 4 is 17.7 Å². The van der Waals surface area contributed by atoms with Crippen molar-refractivity contribution in [2.24, 2.45) is 5.73 Å². The molecule has 8 nitrogen and oxygen atoms in total. The largest absolute Gasteiger partial charge is 0.491 e. The summed E-state index contributed by atoms with van der Waals surface area (Å²) in [5.74, 6) is -2.58. The second kappa shape index (κ2) is 10.4. The molecule has 0 radical (unpaired) electrons. The molecule has 1 fully saturated rings. The van der Waals surface area contributed by atoms with E-state index >= 15 is 0 Å². The van der Waals surface area contributed by atoms with Crippen LogP contribution in [0.1, 0.15) is 40.0 Å². The summed E-state index contributed by atoms with van der Waals surface area (Å²) < 4.78 is 33.2. The van der Waals surface area contributed by atoms with Crippen molar-refractivity contribution in [3.8, 4) is 5.75 Å². The summed E-state index contributed by atoms with van der Waals surface area (Å²) in [6.07, 6.45) is 1.15. The Bertz CT molecular complexity index is 1110. The zero-order chi connectivity index (χ0) is 25.1. The van der Waals surface area contributed by atoms with Gasteiger partial charge in [-0.15, -0.1) is 0 Å². The van der Waals surface area contributed by atoms with Crippen molar-refractivity contribution in [1.82, 2.24) is 15.1 Å². The van der Waals surface area contributed by atoms with Gasteiger partial charge in [0.25, 0.3) is 11.8 Å². The number of ether oxygens (including phenoxy) is 1. The number of amides is 3. The standard InChI is InChI=1S/C25H28F2N4O4/c1-30-7-3-6-22(29-23(32)16-8-17(26)11-18(27)9-16)25(34)31-13-19(28)12-20(31)14-35-21-5-2-4-15(10-21)24(30)33/h2,4-5,8-11,19-20,22H,3,6-7,12-14,28H2,1H3,(H,29,32)/t19-,20-,22-/m0/s1. The monoisotopic (exact) mass is 486 g/mol. The van der Waals surface area contributed by atoms with Gasteiger partial charge < -0.3 is 25.6 Å². The fourth-order valence-electron chi connectivity index (χ4n) is 4.53. The minimum Gasteiger partial charge on any atom is -0.491 e. The van der Waals surface area contributed by atoms with E-state index in [-0.39, 0.29) is 42.5 Å². The van der Waals surface area contributed by atoms with Crippen LogP contribution < -0.4 is 15.8 Å². The quantitative estimate of drug-likeness (QED) is 0.675. The van der Waals surface area contributed by atoms with Crippen LogP contribution in [0, 0.1) is 11.6 Å². The van der Waals surface area contributed by atoms with Gasteiger partial charge in [-0.25, -0.2) is 8.78 Å². The Morgan fingerprint density at radius 1 is 1.14 bits per heavy atom. The highest BCUT2D eigenvalue weighted by atomic mass is 19.1. The average Bonchev–Trinajstić information content (AvgIpc) is 3.20. The smallest absolute Gasteiger partial charge is 0.253 e. The number of hydrogen-bond donors (Lipinski definition) is 2. The number of halogens is 2. The van der Waals surface area contributed by atoms with Crippen LogP contribution in [0.3, 0.4) is 0 Å². The second-order valence-electron chi connectivity index (χ2n) is 9.03. The van der Waals surface area contributed by atoms with E-state index in [0.717, 1.165) is 12.1 Å². The maximum absolute atomic E-state index is 13.6. The van der Waals surface area contributed by atoms with E-state index in [1.165, 1.54) is 4.90 Å². The van der Waals surface area contributed by atoms with Gasteiger partial charge in [-0.2, -0.15) is 0 Å². The summed E-state index contributed by atoms with van der Waals surface area (Å²) in [5, 5.41) is 2.63. The Kier molecular flexibility index (Phi) is 7.30. The highest BCUT2D eigenvalue weighted by Gasteiger charge is 2.38. The number of fused-ring (bicyclic) bond motifs is 3. The molecule has 0 aliphatic carbocycles. The van der Waals surface area contributed by atoms with Gasteiger partial charge in [0.15, 0.2) is 0 Å². The molecule has 3 atom stereocenters. The highest BCUT2D eigenvalue weighted by Crippen LogP contribution is 2.23. The summed E-state index contributed by atoms with van der Waals surface area (Å²) in [4.78, 5) is 42.3. The zero-order valence-corrected chi connectivity index (χ0v) is 19.4. The number of nitrogens with two attached hydrogens (primary N) is 1. The summed E-state index contributed by atoms with van der Waals surface area (Å²) in [6, 6.07) is 7.81. The van der Waals surface area contributed by atoms with Crippen LogP contribution in [0.15, 0.2) is 42.5 Å². The minimum atomic E-state index is -0.967. The van der Waals surface area contributed by atoms with Gasteiger partial charge in [0, 0.05) is 43.4 Å². The molecule has 10 heteroatoms. The lowest BCUT2D eigenvalue weighted by atomic mass is 10.1. The molecule has 2 heterocycles. The Labute approximate surface area is 202 Å². The number of benzene rings is 2. The van der Waals surface area contributed by atoms with Gasteiger partial charge in [-0.05, 0) is 49.6 Å². The molecular formula is C25H28F2N4O4. The fourth-order valence-corrected chi connectivity index (χ4v) is 4.53. The molecule has 0 saturated carbocycles. The zero-order valence-electron chi connectivity index (χ0n) is 19.4. The average molecular weight is 487 g/mol. The van der Waals surface area contributed by atoms with Crippen molar-refractivity contribution < 1.29 is 27.9 Å². The normalized spacial score (nSPS) is 23.4. The molecule has 35 heavy (non-hydrogen) atoms. The summed E-state index contributed by atoms with van der Waals surface area (Å²) in [7, 11) is 1.65. The van der Waals surface area contributed by atoms with Crippen LogP contribution in [0.2, 0.25) is 0 Å². The fraction of sp³-hybridized carbons (Fsp3) is 0.400. The first kappa shape index (κ1) is 24.6. The van der Waals surface area contributed by atoms with Gasteiger partial charge in [0.2, 0.25) is 5.91 Å². The van der Waals surface area contributed by atoms with Gasteiger partial charge >= 0.3 is 0 Å². The maximum Gasteiger partial charge on any atom is 0.253 e. The van der Waals surface area contributed by atoms with Crippen molar-refractivity contribution in [2.75, 3.05) is 26.7 Å². The molecule has 2 aliphatic heterocycles. The predicted octanol–water partition coefficient (Wildman–Crippen LogP) is 1.94. The highest BCUT2D eigenvalue weighted by molar-refractivity contribution is 5.97. The van der Waals surface area contributed by atoms with Gasteiger partial charge in [-0.1, -0.05) is 6.07 Å². The Hall–Kier alpha value is -3.53. The van der Waals surface area contributed by atoms with Crippen LogP contribution in [0.5, 0.6) is 5.75 Å². The summed E-state index contributed by atoms with van der Waals surface area (Å²) in [5.41, 5.74) is 6.41. The third kappa shape index (κ3) is 5.76. The number of hydrogen-bond acceptors (Lipinski definition) is 5. The van der Waals surface area contributed by atoms with Crippen LogP contribution in [0.25, 0.3) is 0 Å². The molecule has 2 bridgehead atoms. The van der Waals surface area contributed by atoms with E-state index in [9.17, 15) is 23.2 Å². The van der Waals surface area contributed by atoms with E-state index < -0.39 is 23.6 Å². The number of carbonyl (C=O) groups is 3. The molecule has 3 N–H and O–H groups in total. The molecule has 4 rings (SSSR count). The predicted molar refractivity (Wildman–Crippen MR) is 124 cm³/mol. The third-order valence-electron chi connectivity index (χ3n) is 6.31. The molecular weight excluding hydrogens is 458 g/mol. The number of carbonyl (C=O) groups excluding carboxylic acids is 3. The van der Waals surface area contributed by atoms with Gasteiger partial charge in [-0.3, -0.25) is 14.4 Å². The van der Waals surface area contributed by atoms with Crippen molar-refractivity contribution in [3.05, 3.63) is 65.2 Å². The van der Waals surface area contributed by atoms with E-state index in [4.69, 9.17) is 10.5 Å². The van der Waals surface area contributed by atoms with Gasteiger partial charge in [0.05, 0.1) is 6.04 Å². The molecule has 0 spiro atoms. The lowest BCUT2D eigenvalue weighted by Crippen LogP contribution is -2.51. The number of nitrogens with one attached hydrogen (secondary N) is 1. The SMILES string of the molecule is CN1CCC[C@H](NC(=O)c2cc(F)cc(F)c2)C(=O)N2C[C@@H](N)C[C@H]2COc2cccc(c2)C1=O. The minimum absolute atomic E-state index is 0.169. The molecule has 2 aromatic carbocycles. The van der Waals surface area contributed by atoms with Gasteiger partial charge in [0.1, 0.15) is 30.0 Å². The first-order chi connectivity index (χ1) is 16.7. The van der Waals surface area contributed by atoms with Crippen molar-refractivity contribution in [1.29, 1.82) is 0 Å². The number of nitrogens with zero attached hydrogens (tertiary/aromatic N) is 2. The molecule has 1 saturated heterocycles. The third-order valence-corrected chi connectivity index (χ3v) is 6.31. The first-order valence-electron chi connectivity index (χ1n) is 11.5. The van der Waals surface area contributed by atoms with E-state index in [0.29, 0.717) is 43.3 Å². The van der Waals surface area contributed by atoms with E-state index in [2.05, 4.69) is 5.32 Å². The number of rotatable bonds is 2.